The lowest BCUT2D eigenvalue weighted by Crippen LogP contribution is -2.68. The van der Waals surface area contributed by atoms with E-state index < -0.39 is 198 Å². The Kier molecular flexibility index (Phi) is 21.8. The van der Waals surface area contributed by atoms with E-state index in [0.717, 1.165) is 5.57 Å². The second kappa shape index (κ2) is 28.5. The van der Waals surface area contributed by atoms with Gasteiger partial charge in [-0.25, -0.2) is 9.59 Å². The number of fused-ring (bicyclic) bond motifs is 4. The van der Waals surface area contributed by atoms with Crippen molar-refractivity contribution < 1.29 is 116 Å². The van der Waals surface area contributed by atoms with E-state index in [-0.39, 0.29) is 54.7 Å². The van der Waals surface area contributed by atoms with Gasteiger partial charge in [0, 0.05) is 62.7 Å². The number of esters is 2. The molecule has 0 aromatic carbocycles. The fourth-order valence-corrected chi connectivity index (χ4v) is 16.9. The highest BCUT2D eigenvalue weighted by atomic mass is 16.8. The maximum Gasteiger partial charge on any atom is 0.407 e. The first-order valence-electron chi connectivity index (χ1n) is 33.1. The van der Waals surface area contributed by atoms with Crippen molar-refractivity contribution in [3.63, 3.8) is 0 Å². The Balaban J connectivity index is 0.905. The number of hydrogen-bond donors (Lipinski definition) is 7. The van der Waals surface area contributed by atoms with Gasteiger partial charge in [0.2, 0.25) is 11.4 Å². The van der Waals surface area contributed by atoms with Gasteiger partial charge >= 0.3 is 18.0 Å². The highest BCUT2D eigenvalue weighted by Crippen LogP contribution is 2.61. The Bertz CT molecular complexity index is 2900. The highest BCUT2D eigenvalue weighted by Gasteiger charge is 2.64. The Hall–Kier alpha value is -4.59. The van der Waals surface area contributed by atoms with Crippen molar-refractivity contribution in [2.24, 2.45) is 40.9 Å². The van der Waals surface area contributed by atoms with Gasteiger partial charge < -0.3 is 87.3 Å². The normalized spacial score (nSPS) is 46.4. The van der Waals surface area contributed by atoms with Crippen LogP contribution in [0.4, 0.5) is 4.79 Å². The number of allylic oxidation sites excluding steroid dienone is 3. The van der Waals surface area contributed by atoms with Crippen LogP contribution in [0.15, 0.2) is 58.4 Å². The molecular formula is C67H98N2O24. The van der Waals surface area contributed by atoms with E-state index >= 15 is 4.79 Å². The number of carbonyl (C=O) groups excluding carboxylic acids is 5. The van der Waals surface area contributed by atoms with E-state index in [2.05, 4.69) is 25.2 Å². The van der Waals surface area contributed by atoms with Crippen LogP contribution in [0.1, 0.15) is 147 Å². The molecule has 4 aliphatic carbocycles. The van der Waals surface area contributed by atoms with Crippen molar-refractivity contribution in [2.45, 2.75) is 281 Å². The van der Waals surface area contributed by atoms with Gasteiger partial charge in [-0.05, 0) is 116 Å². The third kappa shape index (κ3) is 14.1. The van der Waals surface area contributed by atoms with E-state index in [9.17, 15) is 50.0 Å². The molecule has 29 atom stereocenters. The van der Waals surface area contributed by atoms with E-state index in [1.165, 1.54) is 27.0 Å². The van der Waals surface area contributed by atoms with Crippen LogP contribution in [-0.4, -0.2) is 207 Å². The summed E-state index contributed by atoms with van der Waals surface area (Å²) in [6.07, 6.45) is -3.33. The number of methoxy groups -OCH3 is 1. The van der Waals surface area contributed by atoms with Gasteiger partial charge in [0.1, 0.15) is 29.8 Å². The summed E-state index contributed by atoms with van der Waals surface area (Å²) in [7, 11) is 1.18. The summed E-state index contributed by atoms with van der Waals surface area (Å²) in [5.74, 6) is -6.42. The second-order valence-corrected chi connectivity index (χ2v) is 28.2. The molecule has 7 fully saturated rings. The van der Waals surface area contributed by atoms with Crippen molar-refractivity contribution in [3.05, 3.63) is 58.4 Å². The molecule has 29 unspecified atom stereocenters. The van der Waals surface area contributed by atoms with Gasteiger partial charge in [-0.15, -0.1) is 0 Å². The average Bonchev–Trinajstić information content (AvgIpc) is 1.68. The van der Waals surface area contributed by atoms with Crippen LogP contribution < -0.4 is 5.32 Å². The molecule has 2 bridgehead atoms. The summed E-state index contributed by atoms with van der Waals surface area (Å²) < 4.78 is 81.7. The van der Waals surface area contributed by atoms with Crippen molar-refractivity contribution in [2.75, 3.05) is 7.11 Å². The number of nitrogens with zero attached hydrogens (tertiary/aromatic N) is 1. The molecule has 520 valence electrons. The van der Waals surface area contributed by atoms with Crippen LogP contribution >= 0.6 is 0 Å². The SMILES string of the molecule is COC(=O)NC1C(C)OC(OC2CC=C(C)C3C=CC4C(OC5CC(OC6CCC(OC7CC(O)C(OC8CCC(O)C(C)O8)C(C)O7)C(C)O6)C(OC(C)=O)C(C)O5)C(C)CC(C)C4C3(C)C(O)=C3C(=O)OC4(C=C(C=O)CC(O)C4C=C2C)C3=O)CC1(C)N(O)O. The largest absolute Gasteiger partial charge is 0.511 e. The molecule has 0 aromatic heterocycles. The number of aliphatic hydroxyl groups excluding tert-OH is 4. The molecule has 93 heavy (non-hydrogen) atoms. The minimum atomic E-state index is -2.28. The molecule has 1 amide bonds. The predicted molar refractivity (Wildman–Crippen MR) is 324 cm³/mol. The number of hydrogen-bond acceptors (Lipinski definition) is 25. The standard InChI is InChI=1S/C67H98N2O24/c1-30-14-18-47(88-54-28-65(11,69(79)80)60(38(9)86-54)68-64(78)81-13)31(2)23-43-45(73)24-40(29-70)27-67(43)62(76)55(63(77)93-67)61(75)66(12)42(30)16-15-41-56(66)32(3)22-33(4)57(41)92-53-26-49(59(37(8)85-53)87-39(10)71)90-50-21-19-48(35(6)83-50)89-52-25-46(74)58(36(7)84-52)91-51-20-17-44(72)34(5)82-51/h14-16,23,27,29,32-38,41-54,56-60,72-75,79-80H,17-22,24-26,28H2,1-13H3,(H,68,78). The first kappa shape index (κ1) is 71.2. The fourth-order valence-electron chi connectivity index (χ4n) is 16.9. The fraction of sp³-hybridized carbons (Fsp3) is 0.776. The van der Waals surface area contributed by atoms with Gasteiger partial charge in [0.05, 0.1) is 91.8 Å². The third-order valence-corrected chi connectivity index (χ3v) is 21.7. The van der Waals surface area contributed by atoms with Gasteiger partial charge in [0.15, 0.2) is 37.6 Å². The first-order valence-corrected chi connectivity index (χ1v) is 33.1. The zero-order chi connectivity index (χ0) is 67.5. The maximum absolute atomic E-state index is 15.6. The number of ketones is 1. The summed E-state index contributed by atoms with van der Waals surface area (Å²) >= 11 is 0. The zero-order valence-corrected chi connectivity index (χ0v) is 55.5. The molecule has 1 saturated carbocycles. The highest BCUT2D eigenvalue weighted by molar-refractivity contribution is 6.27. The number of ether oxygens (including phenoxy) is 13. The Labute approximate surface area is 543 Å². The third-order valence-electron chi connectivity index (χ3n) is 21.7. The van der Waals surface area contributed by atoms with Crippen molar-refractivity contribution in [1.29, 1.82) is 0 Å². The molecule has 26 nitrogen and oxygen atoms in total. The average molecular weight is 1320 g/mol. The number of rotatable bonds is 14. The van der Waals surface area contributed by atoms with Crippen LogP contribution in [0.3, 0.4) is 0 Å². The molecule has 6 saturated heterocycles. The number of aliphatic hydroxyl groups is 4. The summed E-state index contributed by atoms with van der Waals surface area (Å²) in [5.41, 5.74) is -4.70. The Morgan fingerprint density at radius 1 is 0.699 bits per heavy atom. The molecule has 1 spiro atoms. The minimum absolute atomic E-state index is 0.00988. The summed E-state index contributed by atoms with van der Waals surface area (Å²) in [6.45, 7) is 21.3. The van der Waals surface area contributed by atoms with Gasteiger partial charge in [0.25, 0.3) is 0 Å². The van der Waals surface area contributed by atoms with E-state index in [1.807, 2.05) is 39.8 Å². The van der Waals surface area contributed by atoms with E-state index in [1.54, 1.807) is 33.8 Å². The van der Waals surface area contributed by atoms with Crippen molar-refractivity contribution >= 4 is 30.1 Å². The van der Waals surface area contributed by atoms with Crippen LogP contribution in [0.2, 0.25) is 0 Å². The summed E-state index contributed by atoms with van der Waals surface area (Å²) in [4.78, 5) is 68.1. The monoisotopic (exact) mass is 1310 g/mol. The van der Waals surface area contributed by atoms with Crippen molar-refractivity contribution in [1.82, 2.24) is 10.5 Å². The number of nitrogens with one attached hydrogen (secondary N) is 1. The smallest absolute Gasteiger partial charge is 0.407 e. The number of hydroxylamine groups is 2. The molecule has 7 N–H and O–H groups in total. The number of carbonyl (C=O) groups is 5. The van der Waals surface area contributed by atoms with Gasteiger partial charge in [-0.3, -0.25) is 24.8 Å². The molecule has 0 aromatic rings. The lowest BCUT2D eigenvalue weighted by atomic mass is 9.49. The first-order chi connectivity index (χ1) is 43.9. The molecule has 6 aliphatic heterocycles. The number of amides is 1. The van der Waals surface area contributed by atoms with Gasteiger partial charge in [-0.1, -0.05) is 55.9 Å². The summed E-state index contributed by atoms with van der Waals surface area (Å²) in [5, 5.41) is 70.6. The molecule has 10 rings (SSSR count). The topological polar surface area (TPSA) is 342 Å². The Morgan fingerprint density at radius 2 is 1.33 bits per heavy atom. The van der Waals surface area contributed by atoms with Crippen LogP contribution in [0.25, 0.3) is 0 Å². The van der Waals surface area contributed by atoms with Crippen LogP contribution in [0, 0.1) is 40.9 Å². The van der Waals surface area contributed by atoms with Gasteiger partial charge in [-0.2, -0.15) is 0 Å². The lowest BCUT2D eigenvalue weighted by Gasteiger charge is -2.56. The predicted octanol–water partition coefficient (Wildman–Crippen LogP) is 6.16. The van der Waals surface area contributed by atoms with E-state index in [4.69, 9.17) is 61.6 Å². The number of alkyl carbamates (subject to hydrolysis) is 1. The summed E-state index contributed by atoms with van der Waals surface area (Å²) in [6, 6.07) is -0.999. The molecule has 26 heteroatoms. The Morgan fingerprint density at radius 3 is 1.99 bits per heavy atom. The van der Waals surface area contributed by atoms with Crippen LogP contribution in [0.5, 0.6) is 0 Å². The molecule has 0 radical (unpaired) electrons. The lowest BCUT2D eigenvalue weighted by molar-refractivity contribution is -0.390. The quantitative estimate of drug-likeness (QED) is 0.0255. The van der Waals surface area contributed by atoms with E-state index in [0.29, 0.717) is 44.0 Å². The molecule has 6 heterocycles. The number of aldehydes is 1. The maximum atomic E-state index is 15.6. The minimum Gasteiger partial charge on any atom is -0.511 e. The molecule has 10 aliphatic rings. The number of Topliss-reactive ketones (excluding diaryl/α,β-unsaturated/α-hetero) is 1. The van der Waals surface area contributed by atoms with Crippen LogP contribution in [-0.2, 0) is 80.8 Å². The van der Waals surface area contributed by atoms with Crippen molar-refractivity contribution in [3.8, 4) is 0 Å². The zero-order valence-electron chi connectivity index (χ0n) is 55.5. The molecular weight excluding hydrogens is 1220 g/mol. The second-order valence-electron chi connectivity index (χ2n) is 28.2.